The molecule has 0 aliphatic carbocycles. The number of hydrogen-bond donors (Lipinski definition) is 2. The third-order valence-electron chi connectivity index (χ3n) is 4.08. The summed E-state index contributed by atoms with van der Waals surface area (Å²) < 4.78 is 11.0. The van der Waals surface area contributed by atoms with Gasteiger partial charge in [-0.15, -0.1) is 0 Å². The van der Waals surface area contributed by atoms with E-state index >= 15 is 0 Å². The topological polar surface area (TPSA) is 76.7 Å². The number of benzene rings is 1. The minimum Gasteiger partial charge on any atom is -0.492 e. The van der Waals surface area contributed by atoms with E-state index in [0.29, 0.717) is 24.6 Å². The maximum absolute atomic E-state index is 12.6. The van der Waals surface area contributed by atoms with Gasteiger partial charge in [0.05, 0.1) is 18.4 Å². The lowest BCUT2D eigenvalue weighted by Crippen LogP contribution is -2.47. The summed E-state index contributed by atoms with van der Waals surface area (Å²) >= 11 is 0. The predicted molar refractivity (Wildman–Crippen MR) is 92.0 cm³/mol. The van der Waals surface area contributed by atoms with Crippen LogP contribution in [0.25, 0.3) is 0 Å². The van der Waals surface area contributed by atoms with Crippen LogP contribution in [0.15, 0.2) is 24.3 Å². The van der Waals surface area contributed by atoms with Crippen molar-refractivity contribution in [2.45, 2.75) is 39.7 Å². The smallest absolute Gasteiger partial charge is 0.239 e. The van der Waals surface area contributed by atoms with Crippen molar-refractivity contribution in [1.29, 1.82) is 0 Å². The van der Waals surface area contributed by atoms with E-state index in [2.05, 4.69) is 10.6 Å². The van der Waals surface area contributed by atoms with Crippen LogP contribution in [0.2, 0.25) is 0 Å². The molecule has 1 fully saturated rings. The molecule has 1 aliphatic rings. The van der Waals surface area contributed by atoms with Gasteiger partial charge in [0.15, 0.2) is 0 Å². The average molecular weight is 334 g/mol. The first-order chi connectivity index (χ1) is 11.4. The fraction of sp³-hybridized carbons (Fsp3) is 0.556. The minimum atomic E-state index is -1.20. The van der Waals surface area contributed by atoms with Gasteiger partial charge in [-0.05, 0) is 45.7 Å². The van der Waals surface area contributed by atoms with Crippen LogP contribution in [0.5, 0.6) is 5.75 Å². The molecule has 24 heavy (non-hydrogen) atoms. The number of anilines is 1. The Kier molecular flexibility index (Phi) is 6.20. The lowest BCUT2D eigenvalue weighted by atomic mass is 9.90. The molecule has 6 heteroatoms. The zero-order chi connectivity index (χ0) is 17.6. The molecule has 2 amide bonds. The third-order valence-corrected chi connectivity index (χ3v) is 4.08. The Bertz CT molecular complexity index is 580. The van der Waals surface area contributed by atoms with Crippen molar-refractivity contribution in [1.82, 2.24) is 5.32 Å². The van der Waals surface area contributed by atoms with E-state index in [0.717, 1.165) is 19.4 Å². The number of ether oxygens (including phenoxy) is 2. The van der Waals surface area contributed by atoms with E-state index in [4.69, 9.17) is 9.47 Å². The maximum Gasteiger partial charge on any atom is 0.239 e. The molecule has 0 bridgehead atoms. The van der Waals surface area contributed by atoms with Gasteiger partial charge in [0.1, 0.15) is 11.2 Å². The number of carbonyl (C=O) groups excluding carboxylic acids is 2. The molecule has 0 spiro atoms. The minimum absolute atomic E-state index is 0.0477. The highest BCUT2D eigenvalue weighted by atomic mass is 16.5. The van der Waals surface area contributed by atoms with Gasteiger partial charge in [-0.1, -0.05) is 12.1 Å². The highest BCUT2D eigenvalue weighted by Gasteiger charge is 2.36. The first-order valence-electron chi connectivity index (χ1n) is 8.38. The van der Waals surface area contributed by atoms with Crippen molar-refractivity contribution in [3.05, 3.63) is 24.3 Å². The summed E-state index contributed by atoms with van der Waals surface area (Å²) in [5.74, 6) is -0.104. The van der Waals surface area contributed by atoms with E-state index in [1.807, 2.05) is 19.1 Å². The molecule has 1 saturated heterocycles. The van der Waals surface area contributed by atoms with Crippen molar-refractivity contribution in [2.75, 3.05) is 25.1 Å². The molecule has 1 aromatic carbocycles. The Balaban J connectivity index is 1.97. The fourth-order valence-electron chi connectivity index (χ4n) is 2.47. The normalized spacial score (nSPS) is 17.4. The van der Waals surface area contributed by atoms with E-state index in [1.54, 1.807) is 26.0 Å². The zero-order valence-corrected chi connectivity index (χ0v) is 14.6. The van der Waals surface area contributed by atoms with Crippen LogP contribution < -0.4 is 15.4 Å². The summed E-state index contributed by atoms with van der Waals surface area (Å²) in [5, 5.41) is 5.60. The largest absolute Gasteiger partial charge is 0.492 e. The Hall–Kier alpha value is -2.08. The summed E-state index contributed by atoms with van der Waals surface area (Å²) in [6.45, 7) is 6.76. The molecule has 1 unspecified atom stereocenters. The molecule has 1 heterocycles. The van der Waals surface area contributed by atoms with Gasteiger partial charge >= 0.3 is 0 Å². The van der Waals surface area contributed by atoms with Gasteiger partial charge < -0.3 is 20.1 Å². The van der Waals surface area contributed by atoms with E-state index in [-0.39, 0.29) is 17.9 Å². The second kappa shape index (κ2) is 8.15. The molecule has 2 N–H and O–H groups in total. The maximum atomic E-state index is 12.6. The molecule has 0 radical (unpaired) electrons. The Morgan fingerprint density at radius 2 is 2.04 bits per heavy atom. The summed E-state index contributed by atoms with van der Waals surface area (Å²) in [6.07, 6.45) is 2.00. The van der Waals surface area contributed by atoms with Crippen molar-refractivity contribution in [3.8, 4) is 5.75 Å². The van der Waals surface area contributed by atoms with Crippen LogP contribution in [0.1, 0.15) is 33.6 Å². The SMILES string of the molecule is CCOc1ccccc1NC(=O)C(C)(C)C(=O)NCC1CCCO1. The number of rotatable bonds is 7. The zero-order valence-electron chi connectivity index (χ0n) is 14.6. The second-order valence-electron chi connectivity index (χ2n) is 6.35. The van der Waals surface area contributed by atoms with Gasteiger partial charge in [0.25, 0.3) is 0 Å². The molecule has 1 aliphatic heterocycles. The molecule has 1 aromatic rings. The lowest BCUT2D eigenvalue weighted by molar-refractivity contribution is -0.138. The molecule has 0 aromatic heterocycles. The van der Waals surface area contributed by atoms with Crippen LogP contribution in [-0.4, -0.2) is 37.7 Å². The number of para-hydroxylation sites is 2. The number of nitrogens with one attached hydrogen (secondary N) is 2. The summed E-state index contributed by atoms with van der Waals surface area (Å²) in [6, 6.07) is 7.18. The van der Waals surface area contributed by atoms with Gasteiger partial charge in [0.2, 0.25) is 11.8 Å². The molecule has 2 rings (SSSR count). The Labute approximate surface area is 142 Å². The first kappa shape index (κ1) is 18.3. The van der Waals surface area contributed by atoms with Gasteiger partial charge in [0, 0.05) is 13.2 Å². The third kappa shape index (κ3) is 4.47. The Morgan fingerprint density at radius 1 is 1.29 bits per heavy atom. The number of carbonyl (C=O) groups is 2. The van der Waals surface area contributed by atoms with E-state index in [9.17, 15) is 9.59 Å². The molecular weight excluding hydrogens is 308 g/mol. The summed E-state index contributed by atoms with van der Waals surface area (Å²) in [4.78, 5) is 25.0. The van der Waals surface area contributed by atoms with Crippen LogP contribution >= 0.6 is 0 Å². The summed E-state index contributed by atoms with van der Waals surface area (Å²) in [5.41, 5.74) is -0.637. The van der Waals surface area contributed by atoms with Gasteiger partial charge in [-0.3, -0.25) is 9.59 Å². The molecule has 1 atom stereocenters. The standard InChI is InChI=1S/C18H26N2O4/c1-4-23-15-10-6-5-9-14(15)20-17(22)18(2,3)16(21)19-12-13-8-7-11-24-13/h5-6,9-10,13H,4,7-8,11-12H2,1-3H3,(H,19,21)(H,20,22). The van der Waals surface area contributed by atoms with Crippen LogP contribution in [-0.2, 0) is 14.3 Å². The number of amides is 2. The van der Waals surface area contributed by atoms with Crippen molar-refractivity contribution >= 4 is 17.5 Å². The van der Waals surface area contributed by atoms with Crippen LogP contribution in [0.4, 0.5) is 5.69 Å². The van der Waals surface area contributed by atoms with Crippen LogP contribution in [0, 0.1) is 5.41 Å². The van der Waals surface area contributed by atoms with Crippen LogP contribution in [0.3, 0.4) is 0 Å². The fourth-order valence-corrected chi connectivity index (χ4v) is 2.47. The van der Waals surface area contributed by atoms with E-state index in [1.165, 1.54) is 0 Å². The van der Waals surface area contributed by atoms with Crippen molar-refractivity contribution in [2.24, 2.45) is 5.41 Å². The van der Waals surface area contributed by atoms with Crippen molar-refractivity contribution < 1.29 is 19.1 Å². The first-order valence-corrected chi connectivity index (χ1v) is 8.38. The van der Waals surface area contributed by atoms with Crippen molar-refractivity contribution in [3.63, 3.8) is 0 Å². The number of hydrogen-bond acceptors (Lipinski definition) is 4. The molecular formula is C18H26N2O4. The molecule has 132 valence electrons. The lowest BCUT2D eigenvalue weighted by Gasteiger charge is -2.24. The highest BCUT2D eigenvalue weighted by Crippen LogP contribution is 2.26. The quantitative estimate of drug-likeness (QED) is 0.751. The predicted octanol–water partition coefficient (Wildman–Crippen LogP) is 2.35. The van der Waals surface area contributed by atoms with Gasteiger partial charge in [-0.25, -0.2) is 0 Å². The molecule has 6 nitrogen and oxygen atoms in total. The second-order valence-corrected chi connectivity index (χ2v) is 6.35. The summed E-state index contributed by atoms with van der Waals surface area (Å²) in [7, 11) is 0. The van der Waals surface area contributed by atoms with Gasteiger partial charge in [-0.2, -0.15) is 0 Å². The Morgan fingerprint density at radius 3 is 2.71 bits per heavy atom. The van der Waals surface area contributed by atoms with E-state index < -0.39 is 5.41 Å². The monoisotopic (exact) mass is 334 g/mol. The average Bonchev–Trinajstić information content (AvgIpc) is 3.08. The highest BCUT2D eigenvalue weighted by molar-refractivity contribution is 6.10. The molecule has 0 saturated carbocycles.